The minimum atomic E-state index is -1.11. The van der Waals surface area contributed by atoms with Crippen LogP contribution in [0.15, 0.2) is 6.20 Å². The van der Waals surface area contributed by atoms with Gasteiger partial charge >= 0.3 is 5.97 Å². The van der Waals surface area contributed by atoms with Crippen LogP contribution in [0.3, 0.4) is 0 Å². The SMILES string of the molecule is CCN(CCn1cc(C(=O)O)nn1)CC(N)=O. The second-order valence-electron chi connectivity index (χ2n) is 3.51. The number of carbonyl (C=O) groups is 2. The van der Waals surface area contributed by atoms with E-state index in [9.17, 15) is 9.59 Å². The van der Waals surface area contributed by atoms with Gasteiger partial charge in [-0.25, -0.2) is 4.79 Å². The van der Waals surface area contributed by atoms with Crippen molar-refractivity contribution < 1.29 is 14.7 Å². The van der Waals surface area contributed by atoms with Crippen molar-refractivity contribution in [2.75, 3.05) is 19.6 Å². The van der Waals surface area contributed by atoms with Crippen molar-refractivity contribution in [3.63, 3.8) is 0 Å². The predicted molar refractivity (Wildman–Crippen MR) is 58.3 cm³/mol. The quantitative estimate of drug-likeness (QED) is 0.618. The van der Waals surface area contributed by atoms with E-state index in [4.69, 9.17) is 10.8 Å². The van der Waals surface area contributed by atoms with Gasteiger partial charge in [-0.2, -0.15) is 0 Å². The number of carbonyl (C=O) groups excluding carboxylic acids is 1. The maximum absolute atomic E-state index is 10.7. The van der Waals surface area contributed by atoms with E-state index in [2.05, 4.69) is 10.3 Å². The van der Waals surface area contributed by atoms with Gasteiger partial charge in [0.05, 0.1) is 19.3 Å². The third-order valence-electron chi connectivity index (χ3n) is 2.23. The highest BCUT2D eigenvalue weighted by Gasteiger charge is 2.10. The van der Waals surface area contributed by atoms with E-state index in [-0.39, 0.29) is 12.2 Å². The summed E-state index contributed by atoms with van der Waals surface area (Å²) in [5.74, 6) is -1.50. The summed E-state index contributed by atoms with van der Waals surface area (Å²) in [6, 6.07) is 0. The number of rotatable bonds is 7. The van der Waals surface area contributed by atoms with Crippen molar-refractivity contribution in [3.05, 3.63) is 11.9 Å². The van der Waals surface area contributed by atoms with Crippen LogP contribution in [0.4, 0.5) is 0 Å². The van der Waals surface area contributed by atoms with Crippen LogP contribution in [0, 0.1) is 0 Å². The molecule has 17 heavy (non-hydrogen) atoms. The minimum absolute atomic E-state index is 0.0945. The molecule has 1 aromatic heterocycles. The van der Waals surface area contributed by atoms with E-state index in [0.29, 0.717) is 19.6 Å². The van der Waals surface area contributed by atoms with Crippen LogP contribution in [-0.2, 0) is 11.3 Å². The van der Waals surface area contributed by atoms with E-state index in [0.717, 1.165) is 0 Å². The van der Waals surface area contributed by atoms with Crippen molar-refractivity contribution in [1.29, 1.82) is 0 Å². The molecule has 8 heteroatoms. The molecule has 0 aromatic carbocycles. The molecule has 0 saturated heterocycles. The Kier molecular flexibility index (Phi) is 4.58. The number of nitrogens with two attached hydrogens (primary N) is 1. The molecule has 1 amide bonds. The number of hydrogen-bond acceptors (Lipinski definition) is 5. The Labute approximate surface area is 98.0 Å². The molecule has 0 aliphatic heterocycles. The van der Waals surface area contributed by atoms with Crippen molar-refractivity contribution in [1.82, 2.24) is 19.9 Å². The van der Waals surface area contributed by atoms with Gasteiger partial charge in [-0.3, -0.25) is 14.4 Å². The van der Waals surface area contributed by atoms with Crippen molar-refractivity contribution in [2.45, 2.75) is 13.5 Å². The van der Waals surface area contributed by atoms with Gasteiger partial charge < -0.3 is 10.8 Å². The van der Waals surface area contributed by atoms with Gasteiger partial charge in [0.2, 0.25) is 5.91 Å². The molecule has 0 fully saturated rings. The summed E-state index contributed by atoms with van der Waals surface area (Å²) in [4.78, 5) is 23.1. The second kappa shape index (κ2) is 5.94. The molecule has 94 valence electrons. The normalized spacial score (nSPS) is 10.7. The van der Waals surface area contributed by atoms with Crippen LogP contribution in [0.2, 0.25) is 0 Å². The zero-order chi connectivity index (χ0) is 12.8. The Morgan fingerprint density at radius 2 is 2.29 bits per heavy atom. The van der Waals surface area contributed by atoms with Gasteiger partial charge in [0.25, 0.3) is 0 Å². The van der Waals surface area contributed by atoms with Gasteiger partial charge in [-0.05, 0) is 6.54 Å². The first kappa shape index (κ1) is 13.1. The van der Waals surface area contributed by atoms with E-state index in [1.54, 1.807) is 0 Å². The van der Waals surface area contributed by atoms with Gasteiger partial charge in [-0.1, -0.05) is 12.1 Å². The Balaban J connectivity index is 2.47. The molecule has 1 aromatic rings. The first-order valence-corrected chi connectivity index (χ1v) is 5.17. The Morgan fingerprint density at radius 1 is 1.59 bits per heavy atom. The molecular formula is C9H15N5O3. The average Bonchev–Trinajstić information content (AvgIpc) is 2.72. The highest BCUT2D eigenvalue weighted by molar-refractivity contribution is 5.84. The van der Waals surface area contributed by atoms with Crippen molar-refractivity contribution in [2.24, 2.45) is 5.73 Å². The zero-order valence-electron chi connectivity index (χ0n) is 9.54. The van der Waals surface area contributed by atoms with Crippen LogP contribution in [0.5, 0.6) is 0 Å². The van der Waals surface area contributed by atoms with E-state index in [1.165, 1.54) is 10.9 Å². The number of carboxylic acid groups (broad SMARTS) is 1. The highest BCUT2D eigenvalue weighted by Crippen LogP contribution is 1.94. The second-order valence-corrected chi connectivity index (χ2v) is 3.51. The lowest BCUT2D eigenvalue weighted by Gasteiger charge is -2.17. The molecule has 1 rings (SSSR count). The number of primary amides is 1. The molecule has 0 aliphatic carbocycles. The lowest BCUT2D eigenvalue weighted by Crippen LogP contribution is -2.35. The van der Waals surface area contributed by atoms with Crippen LogP contribution < -0.4 is 5.73 Å². The topological polar surface area (TPSA) is 114 Å². The maximum atomic E-state index is 10.7. The largest absolute Gasteiger partial charge is 0.476 e. The molecule has 8 nitrogen and oxygen atoms in total. The molecule has 1 heterocycles. The molecule has 3 N–H and O–H groups in total. The van der Waals surface area contributed by atoms with E-state index < -0.39 is 11.9 Å². The summed E-state index contributed by atoms with van der Waals surface area (Å²) >= 11 is 0. The number of likely N-dealkylation sites (N-methyl/N-ethyl adjacent to an activating group) is 1. The standard InChI is InChI=1S/C9H15N5O3/c1-2-13(6-8(10)15)3-4-14-5-7(9(16)17)11-12-14/h5H,2-4,6H2,1H3,(H2,10,15)(H,16,17). The third kappa shape index (κ3) is 4.19. The zero-order valence-corrected chi connectivity index (χ0v) is 9.54. The third-order valence-corrected chi connectivity index (χ3v) is 2.23. The van der Waals surface area contributed by atoms with Crippen LogP contribution in [0.1, 0.15) is 17.4 Å². The predicted octanol–water partition coefficient (Wildman–Crippen LogP) is -1.22. The van der Waals surface area contributed by atoms with Gasteiger partial charge in [0, 0.05) is 6.54 Å². The summed E-state index contributed by atoms with van der Waals surface area (Å²) in [7, 11) is 0. The minimum Gasteiger partial charge on any atom is -0.476 e. The number of aromatic carboxylic acids is 1. The molecule has 0 atom stereocenters. The number of nitrogens with zero attached hydrogens (tertiary/aromatic N) is 4. The fourth-order valence-corrected chi connectivity index (χ4v) is 1.32. The lowest BCUT2D eigenvalue weighted by atomic mass is 10.4. The fraction of sp³-hybridized carbons (Fsp3) is 0.556. The smallest absolute Gasteiger partial charge is 0.358 e. The number of carboxylic acids is 1. The summed E-state index contributed by atoms with van der Waals surface area (Å²) in [6.45, 7) is 3.79. The molecule has 0 saturated carbocycles. The average molecular weight is 241 g/mol. The monoisotopic (exact) mass is 241 g/mol. The molecule has 0 spiro atoms. The van der Waals surface area contributed by atoms with Gasteiger partial charge in [0.1, 0.15) is 0 Å². The number of amides is 1. The van der Waals surface area contributed by atoms with Crippen LogP contribution in [0.25, 0.3) is 0 Å². The molecule has 0 aliphatic rings. The Morgan fingerprint density at radius 3 is 2.76 bits per heavy atom. The molecule has 0 unspecified atom stereocenters. The Bertz CT molecular complexity index is 403. The lowest BCUT2D eigenvalue weighted by molar-refractivity contribution is -0.119. The summed E-state index contributed by atoms with van der Waals surface area (Å²) in [5, 5.41) is 15.8. The Hall–Kier alpha value is -1.96. The van der Waals surface area contributed by atoms with Crippen molar-refractivity contribution in [3.8, 4) is 0 Å². The molecular weight excluding hydrogens is 226 g/mol. The fourth-order valence-electron chi connectivity index (χ4n) is 1.32. The summed E-state index contributed by atoms with van der Waals surface area (Å²) in [5.41, 5.74) is 4.99. The first-order chi connectivity index (χ1) is 8.02. The summed E-state index contributed by atoms with van der Waals surface area (Å²) < 4.78 is 1.42. The number of hydrogen-bond donors (Lipinski definition) is 2. The maximum Gasteiger partial charge on any atom is 0.358 e. The van der Waals surface area contributed by atoms with Gasteiger partial charge in [-0.15, -0.1) is 5.10 Å². The van der Waals surface area contributed by atoms with Gasteiger partial charge in [0.15, 0.2) is 5.69 Å². The van der Waals surface area contributed by atoms with Crippen LogP contribution >= 0.6 is 0 Å². The first-order valence-electron chi connectivity index (χ1n) is 5.17. The van der Waals surface area contributed by atoms with E-state index >= 15 is 0 Å². The van der Waals surface area contributed by atoms with Crippen molar-refractivity contribution >= 4 is 11.9 Å². The summed E-state index contributed by atoms with van der Waals surface area (Å²) in [6.07, 6.45) is 1.35. The number of aromatic nitrogens is 3. The highest BCUT2D eigenvalue weighted by atomic mass is 16.4. The van der Waals surface area contributed by atoms with Crippen LogP contribution in [-0.4, -0.2) is 56.5 Å². The molecule has 0 radical (unpaired) electrons. The molecule has 0 bridgehead atoms. The van der Waals surface area contributed by atoms with E-state index in [1.807, 2.05) is 11.8 Å².